The number of nitrogens with one attached hydrogen (secondary N) is 1. The van der Waals surface area contributed by atoms with Gasteiger partial charge < -0.3 is 25.4 Å². The minimum absolute atomic E-state index is 0.254. The molecule has 1 fully saturated rings. The van der Waals surface area contributed by atoms with Crippen molar-refractivity contribution in [3.05, 3.63) is 33.1 Å². The van der Waals surface area contributed by atoms with Gasteiger partial charge in [0, 0.05) is 12.3 Å². The Morgan fingerprint density at radius 1 is 1.52 bits per heavy atom. The number of nitrogens with two attached hydrogens (primary N) is 1. The van der Waals surface area contributed by atoms with Crippen molar-refractivity contribution >= 4 is 5.97 Å². The highest BCUT2D eigenvalue weighted by atomic mass is 19.2. The molecular weight excluding hydrogens is 341 g/mol. The minimum atomic E-state index is -2.95. The average Bonchev–Trinajstić information content (AvgIpc) is 2.77. The van der Waals surface area contributed by atoms with E-state index in [1.54, 1.807) is 13.8 Å². The van der Waals surface area contributed by atoms with Gasteiger partial charge >= 0.3 is 11.7 Å². The lowest BCUT2D eigenvalue weighted by Crippen LogP contribution is -2.46. The number of halogens is 1. The van der Waals surface area contributed by atoms with Crippen molar-refractivity contribution in [3.63, 3.8) is 0 Å². The Labute approximate surface area is 141 Å². The van der Waals surface area contributed by atoms with Gasteiger partial charge in [-0.05, 0) is 5.92 Å². The Balaban J connectivity index is 2.16. The van der Waals surface area contributed by atoms with E-state index in [4.69, 9.17) is 15.2 Å². The maximum atomic E-state index is 14.8. The second-order valence-electron chi connectivity index (χ2n) is 6.12. The molecule has 1 saturated heterocycles. The van der Waals surface area contributed by atoms with Crippen molar-refractivity contribution in [1.82, 2.24) is 9.55 Å². The third-order valence-electron chi connectivity index (χ3n) is 3.90. The molecule has 11 heteroatoms. The topological polar surface area (TPSA) is 157 Å². The summed E-state index contributed by atoms with van der Waals surface area (Å²) in [4.78, 5) is 36.4. The number of esters is 1. The van der Waals surface area contributed by atoms with Gasteiger partial charge in [-0.3, -0.25) is 19.1 Å². The number of carbonyl (C=O) groups excluding carboxylic acids is 1. The Morgan fingerprint density at radius 3 is 2.72 bits per heavy atom. The molecule has 5 N–H and O–H groups in total. The zero-order valence-electron chi connectivity index (χ0n) is 13.6. The minimum Gasteiger partial charge on any atom is -0.458 e. The zero-order valence-corrected chi connectivity index (χ0v) is 13.6. The van der Waals surface area contributed by atoms with Gasteiger partial charge in [0.25, 0.3) is 11.4 Å². The molecule has 0 bridgehead atoms. The van der Waals surface area contributed by atoms with Crippen molar-refractivity contribution in [2.24, 2.45) is 11.7 Å². The van der Waals surface area contributed by atoms with Gasteiger partial charge in [-0.2, -0.15) is 0 Å². The van der Waals surface area contributed by atoms with Gasteiger partial charge in [0.05, 0.1) is 0 Å². The maximum absolute atomic E-state index is 14.8. The fraction of sp³-hybridized carbons (Fsp3) is 0.643. The van der Waals surface area contributed by atoms with E-state index < -0.39 is 54.2 Å². The molecule has 2 rings (SSSR count). The van der Waals surface area contributed by atoms with Crippen molar-refractivity contribution in [1.29, 1.82) is 0 Å². The normalized spacial score (nSPS) is 30.4. The number of H-pyrrole nitrogens is 1. The molecule has 1 aliphatic rings. The average molecular weight is 361 g/mol. The van der Waals surface area contributed by atoms with E-state index in [0.717, 1.165) is 12.3 Å². The van der Waals surface area contributed by atoms with E-state index in [1.165, 1.54) is 0 Å². The Morgan fingerprint density at radius 2 is 2.16 bits per heavy atom. The second-order valence-corrected chi connectivity index (χ2v) is 6.12. The molecule has 0 aliphatic carbocycles. The Kier molecular flexibility index (Phi) is 5.42. The largest absolute Gasteiger partial charge is 0.458 e. The van der Waals surface area contributed by atoms with Crippen LogP contribution in [0.25, 0.3) is 0 Å². The van der Waals surface area contributed by atoms with Crippen LogP contribution in [0, 0.1) is 5.92 Å². The molecule has 1 aromatic heterocycles. The Bertz CT molecular complexity index is 748. The number of rotatable bonds is 5. The second kappa shape index (κ2) is 7.04. The van der Waals surface area contributed by atoms with Crippen molar-refractivity contribution < 1.29 is 28.9 Å². The first-order valence-corrected chi connectivity index (χ1v) is 7.53. The number of aliphatic hydroxyl groups is 2. The standard InChI is InChI=1S/C14H20FN3O7/c1-6(2)8(16)12(22)24-5-14(15)10(21)9(20)11(25-14)18-4-3-7(19)17-13(18)23/h3-4,6,8-11,20-21H,5,16H2,1-2H3,(H,17,19,23)/t8-,9+,10-,11+,14+/m0/s1. The van der Waals surface area contributed by atoms with Gasteiger partial charge in [-0.15, -0.1) is 0 Å². The number of aromatic amines is 1. The molecule has 0 amide bonds. The first-order valence-electron chi connectivity index (χ1n) is 7.53. The highest BCUT2D eigenvalue weighted by Gasteiger charge is 2.57. The van der Waals surface area contributed by atoms with Crippen LogP contribution >= 0.6 is 0 Å². The van der Waals surface area contributed by atoms with Crippen LogP contribution in [0.5, 0.6) is 0 Å². The summed E-state index contributed by atoms with van der Waals surface area (Å²) in [6.45, 7) is 2.31. The monoisotopic (exact) mass is 361 g/mol. The van der Waals surface area contributed by atoms with E-state index >= 15 is 0 Å². The van der Waals surface area contributed by atoms with E-state index in [2.05, 4.69) is 0 Å². The van der Waals surface area contributed by atoms with E-state index in [0.29, 0.717) is 4.57 Å². The molecule has 1 aliphatic heterocycles. The smallest absolute Gasteiger partial charge is 0.330 e. The van der Waals surface area contributed by atoms with E-state index in [-0.39, 0.29) is 5.92 Å². The van der Waals surface area contributed by atoms with Crippen LogP contribution in [-0.2, 0) is 14.3 Å². The zero-order chi connectivity index (χ0) is 18.9. The molecule has 5 atom stereocenters. The van der Waals surface area contributed by atoms with Crippen molar-refractivity contribution in [3.8, 4) is 0 Å². The first kappa shape index (κ1) is 19.2. The van der Waals surface area contributed by atoms with Crippen LogP contribution in [0.15, 0.2) is 21.9 Å². The van der Waals surface area contributed by atoms with Crippen LogP contribution in [0.3, 0.4) is 0 Å². The van der Waals surface area contributed by atoms with Crippen LogP contribution in [-0.4, -0.2) is 56.4 Å². The summed E-state index contributed by atoms with van der Waals surface area (Å²) in [5.74, 6) is -4.11. The van der Waals surface area contributed by atoms with Gasteiger partial charge in [-0.25, -0.2) is 9.18 Å². The molecule has 1 aromatic rings. The van der Waals surface area contributed by atoms with Gasteiger partial charge in [0.2, 0.25) is 0 Å². The number of hydrogen-bond donors (Lipinski definition) is 4. The molecule has 2 heterocycles. The summed E-state index contributed by atoms with van der Waals surface area (Å²) < 4.78 is 25.1. The molecule has 0 spiro atoms. The molecule has 0 radical (unpaired) electrons. The fourth-order valence-corrected chi connectivity index (χ4v) is 2.26. The van der Waals surface area contributed by atoms with Gasteiger partial charge in [0.15, 0.2) is 12.8 Å². The number of alkyl halides is 1. The third-order valence-corrected chi connectivity index (χ3v) is 3.90. The lowest BCUT2D eigenvalue weighted by atomic mass is 10.1. The number of carbonyl (C=O) groups is 1. The summed E-state index contributed by atoms with van der Waals surface area (Å²) in [6.07, 6.45) is -4.58. The highest BCUT2D eigenvalue weighted by molar-refractivity contribution is 5.75. The summed E-state index contributed by atoms with van der Waals surface area (Å²) in [5, 5.41) is 19.9. The van der Waals surface area contributed by atoms with Crippen LogP contribution < -0.4 is 17.0 Å². The lowest BCUT2D eigenvalue weighted by Gasteiger charge is -2.24. The van der Waals surface area contributed by atoms with Crippen molar-refractivity contribution in [2.45, 2.75) is 44.2 Å². The molecule has 0 unspecified atom stereocenters. The summed E-state index contributed by atoms with van der Waals surface area (Å²) in [5.41, 5.74) is 3.91. The first-order chi connectivity index (χ1) is 11.6. The van der Waals surface area contributed by atoms with Crippen LogP contribution in [0.2, 0.25) is 0 Å². The molecule has 0 aromatic carbocycles. The fourth-order valence-electron chi connectivity index (χ4n) is 2.26. The predicted octanol–water partition coefficient (Wildman–Crippen LogP) is -2.02. The molecular formula is C14H20FN3O7. The Hall–Kier alpha value is -2.08. The number of aromatic nitrogens is 2. The van der Waals surface area contributed by atoms with E-state index in [9.17, 15) is 29.0 Å². The van der Waals surface area contributed by atoms with Crippen LogP contribution in [0.4, 0.5) is 4.39 Å². The molecule has 0 saturated carbocycles. The molecule has 25 heavy (non-hydrogen) atoms. The number of aliphatic hydroxyl groups excluding tert-OH is 2. The number of ether oxygens (including phenoxy) is 2. The SMILES string of the molecule is CC(C)[C@H](N)C(=O)OC[C@@]1(F)O[C@@H](n2ccc(=O)[nH]c2=O)[C@H](O)[C@@H]1O. The molecule has 140 valence electrons. The summed E-state index contributed by atoms with van der Waals surface area (Å²) >= 11 is 0. The number of nitrogens with zero attached hydrogens (tertiary/aromatic N) is 1. The lowest BCUT2D eigenvalue weighted by molar-refractivity contribution is -0.217. The molecule has 10 nitrogen and oxygen atoms in total. The van der Waals surface area contributed by atoms with Crippen molar-refractivity contribution in [2.75, 3.05) is 6.61 Å². The van der Waals surface area contributed by atoms with E-state index in [1.807, 2.05) is 4.98 Å². The van der Waals surface area contributed by atoms with Gasteiger partial charge in [0.1, 0.15) is 18.2 Å². The maximum Gasteiger partial charge on any atom is 0.330 e. The third kappa shape index (κ3) is 3.79. The number of hydrogen-bond acceptors (Lipinski definition) is 8. The predicted molar refractivity (Wildman–Crippen MR) is 81.1 cm³/mol. The summed E-state index contributed by atoms with van der Waals surface area (Å²) in [7, 11) is 0. The summed E-state index contributed by atoms with van der Waals surface area (Å²) in [6, 6.07) is -0.0336. The van der Waals surface area contributed by atoms with Crippen LogP contribution in [0.1, 0.15) is 20.1 Å². The quantitative estimate of drug-likeness (QED) is 0.438. The van der Waals surface area contributed by atoms with Gasteiger partial charge in [-0.1, -0.05) is 13.8 Å². The highest BCUT2D eigenvalue weighted by Crippen LogP contribution is 2.37.